The molecule has 2 N–H and O–H groups in total. The van der Waals surface area contributed by atoms with E-state index >= 15 is 0 Å². The third kappa shape index (κ3) is 3.97. The van der Waals surface area contributed by atoms with Gasteiger partial charge in [-0.1, -0.05) is 29.8 Å². The van der Waals surface area contributed by atoms with E-state index in [1.54, 1.807) is 30.3 Å². The molecule has 1 aromatic heterocycles. The maximum Gasteiger partial charge on any atom is 0.417 e. The number of aliphatic carboxylic acids is 1. The summed E-state index contributed by atoms with van der Waals surface area (Å²) in [4.78, 5) is 22.9. The first-order valence-electron chi connectivity index (χ1n) is 5.58. The van der Waals surface area contributed by atoms with Gasteiger partial charge in [-0.15, -0.1) is 11.3 Å². The Kier molecular flexibility index (Phi) is 4.60. The van der Waals surface area contributed by atoms with Gasteiger partial charge < -0.3 is 9.84 Å². The lowest BCUT2D eigenvalue weighted by molar-refractivity contribution is -0.136. The molecule has 0 fully saturated rings. The lowest BCUT2D eigenvalue weighted by Crippen LogP contribution is -2.17. The fourth-order valence-electron chi connectivity index (χ4n) is 1.50. The number of carboxylic acids is 1. The minimum Gasteiger partial charge on any atom is -0.481 e. The third-order valence-electron chi connectivity index (χ3n) is 2.28. The molecule has 0 spiro atoms. The number of ether oxygens (including phenoxy) is 1. The summed E-state index contributed by atoms with van der Waals surface area (Å²) in [5, 5.41) is 11.3. The number of anilines is 1. The number of thiophene rings is 1. The molecular weight excluding hydrogens is 302 g/mol. The van der Waals surface area contributed by atoms with Crippen molar-refractivity contribution in [2.75, 3.05) is 5.32 Å². The summed E-state index contributed by atoms with van der Waals surface area (Å²) in [6.07, 6.45) is -0.907. The Bertz CT molecular complexity index is 627. The molecule has 2 rings (SSSR count). The highest BCUT2D eigenvalue weighted by Crippen LogP contribution is 2.31. The molecule has 0 saturated heterocycles. The normalized spacial score (nSPS) is 10.1. The lowest BCUT2D eigenvalue weighted by atomic mass is 10.3. The number of hydrogen-bond donors (Lipinski definition) is 2. The molecule has 0 bridgehead atoms. The number of carboxylic acid groups (broad SMARTS) is 1. The molecule has 0 aliphatic heterocycles. The fraction of sp³-hybridized carbons (Fsp3) is 0.0769. The van der Waals surface area contributed by atoms with E-state index in [4.69, 9.17) is 21.4 Å². The molecule has 2 aromatic rings. The van der Waals surface area contributed by atoms with Crippen molar-refractivity contribution in [1.82, 2.24) is 0 Å². The summed E-state index contributed by atoms with van der Waals surface area (Å²) in [6, 6.07) is 10.0. The zero-order valence-corrected chi connectivity index (χ0v) is 11.7. The van der Waals surface area contributed by atoms with Gasteiger partial charge in [-0.2, -0.15) is 0 Å². The first kappa shape index (κ1) is 14.4. The van der Waals surface area contributed by atoms with Gasteiger partial charge in [-0.25, -0.2) is 4.79 Å². The second-order valence-electron chi connectivity index (χ2n) is 3.79. The van der Waals surface area contributed by atoms with E-state index in [1.807, 2.05) is 0 Å². The van der Waals surface area contributed by atoms with Crippen LogP contribution in [-0.4, -0.2) is 17.2 Å². The first-order chi connectivity index (χ1) is 9.54. The van der Waals surface area contributed by atoms with E-state index in [0.717, 1.165) is 11.3 Å². The highest BCUT2D eigenvalue weighted by molar-refractivity contribution is 7.16. The van der Waals surface area contributed by atoms with E-state index in [2.05, 4.69) is 5.32 Å². The van der Waals surface area contributed by atoms with Gasteiger partial charge in [-0.3, -0.25) is 10.1 Å². The number of benzene rings is 1. The van der Waals surface area contributed by atoms with Crippen molar-refractivity contribution in [3.8, 4) is 5.75 Å². The molecule has 0 atom stereocenters. The highest BCUT2D eigenvalue weighted by Gasteiger charge is 2.14. The lowest BCUT2D eigenvalue weighted by Gasteiger charge is -2.06. The van der Waals surface area contributed by atoms with E-state index in [1.165, 1.54) is 6.07 Å². The number of carbonyl (C=O) groups is 2. The average Bonchev–Trinajstić information content (AvgIpc) is 2.69. The molecule has 104 valence electrons. The quantitative estimate of drug-likeness (QED) is 0.904. The number of amides is 1. The molecule has 0 saturated carbocycles. The maximum absolute atomic E-state index is 11.7. The summed E-state index contributed by atoms with van der Waals surface area (Å²) in [6.45, 7) is 0. The number of halogens is 1. The zero-order chi connectivity index (χ0) is 14.5. The summed E-state index contributed by atoms with van der Waals surface area (Å²) in [5.41, 5.74) is 0.350. The van der Waals surface area contributed by atoms with Crippen LogP contribution in [0.4, 0.5) is 10.5 Å². The molecule has 0 radical (unpaired) electrons. The average molecular weight is 312 g/mol. The molecule has 0 aliphatic rings. The van der Waals surface area contributed by atoms with Crippen LogP contribution >= 0.6 is 22.9 Å². The van der Waals surface area contributed by atoms with Gasteiger partial charge in [0, 0.05) is 4.88 Å². The third-order valence-corrected chi connectivity index (χ3v) is 3.55. The van der Waals surface area contributed by atoms with Crippen molar-refractivity contribution in [3.05, 3.63) is 45.6 Å². The molecule has 1 aromatic carbocycles. The Labute approximate surface area is 123 Å². The monoisotopic (exact) mass is 311 g/mol. The van der Waals surface area contributed by atoms with E-state index < -0.39 is 12.1 Å². The van der Waals surface area contributed by atoms with Crippen LogP contribution in [0.25, 0.3) is 0 Å². The Morgan fingerprint density at radius 3 is 2.65 bits per heavy atom. The summed E-state index contributed by atoms with van der Waals surface area (Å²) in [7, 11) is 0. The fourth-order valence-corrected chi connectivity index (χ4v) is 2.72. The SMILES string of the molecule is O=C(O)Cc1sc(Cl)cc1NC(=O)Oc1ccccc1. The van der Waals surface area contributed by atoms with Gasteiger partial charge in [0.25, 0.3) is 0 Å². The minimum absolute atomic E-state index is 0.210. The van der Waals surface area contributed by atoms with Crippen molar-refractivity contribution >= 4 is 40.7 Å². The number of hydrogen-bond acceptors (Lipinski definition) is 4. The molecular formula is C13H10ClNO4S. The predicted molar refractivity (Wildman–Crippen MR) is 76.8 cm³/mol. The van der Waals surface area contributed by atoms with Crippen LogP contribution in [-0.2, 0) is 11.2 Å². The molecule has 0 aliphatic carbocycles. The second-order valence-corrected chi connectivity index (χ2v) is 5.55. The molecule has 1 amide bonds. The van der Waals surface area contributed by atoms with Crippen LogP contribution in [0.1, 0.15) is 4.88 Å². The van der Waals surface area contributed by atoms with Crippen molar-refractivity contribution in [3.63, 3.8) is 0 Å². The largest absolute Gasteiger partial charge is 0.481 e. The van der Waals surface area contributed by atoms with Crippen molar-refractivity contribution in [2.24, 2.45) is 0 Å². The van der Waals surface area contributed by atoms with Crippen LogP contribution in [0.2, 0.25) is 4.34 Å². The van der Waals surface area contributed by atoms with Crippen LogP contribution in [0.5, 0.6) is 5.75 Å². The van der Waals surface area contributed by atoms with Gasteiger partial charge in [-0.05, 0) is 18.2 Å². The number of para-hydroxylation sites is 1. The van der Waals surface area contributed by atoms with E-state index in [-0.39, 0.29) is 6.42 Å². The summed E-state index contributed by atoms with van der Waals surface area (Å²) < 4.78 is 5.45. The highest BCUT2D eigenvalue weighted by atomic mass is 35.5. The van der Waals surface area contributed by atoms with E-state index in [9.17, 15) is 9.59 Å². The molecule has 5 nitrogen and oxygen atoms in total. The standard InChI is InChI=1S/C13H10ClNO4S/c14-11-6-9(10(20-11)7-12(16)17)15-13(18)19-8-4-2-1-3-5-8/h1-6H,7H2,(H,15,18)(H,16,17). The van der Waals surface area contributed by atoms with Crippen LogP contribution < -0.4 is 10.1 Å². The maximum atomic E-state index is 11.7. The summed E-state index contributed by atoms with van der Waals surface area (Å²) in [5.74, 6) is -0.603. The molecule has 7 heteroatoms. The Morgan fingerprint density at radius 1 is 1.30 bits per heavy atom. The van der Waals surface area contributed by atoms with Crippen LogP contribution in [0.3, 0.4) is 0 Å². The summed E-state index contributed by atoms with van der Waals surface area (Å²) >= 11 is 6.93. The van der Waals surface area contributed by atoms with Gasteiger partial charge in [0.1, 0.15) is 5.75 Å². The van der Waals surface area contributed by atoms with Crippen molar-refractivity contribution in [1.29, 1.82) is 0 Å². The minimum atomic E-state index is -0.997. The molecule has 0 unspecified atom stereocenters. The number of carbonyl (C=O) groups excluding carboxylic acids is 1. The Morgan fingerprint density at radius 2 is 2.00 bits per heavy atom. The first-order valence-corrected chi connectivity index (χ1v) is 6.78. The second kappa shape index (κ2) is 6.40. The van der Waals surface area contributed by atoms with Gasteiger partial charge in [0.05, 0.1) is 16.4 Å². The van der Waals surface area contributed by atoms with Crippen molar-refractivity contribution in [2.45, 2.75) is 6.42 Å². The topological polar surface area (TPSA) is 75.6 Å². The van der Waals surface area contributed by atoms with Gasteiger partial charge >= 0.3 is 12.1 Å². The number of nitrogens with one attached hydrogen (secondary N) is 1. The Hall–Kier alpha value is -2.05. The smallest absolute Gasteiger partial charge is 0.417 e. The molecule has 1 heterocycles. The molecule has 20 heavy (non-hydrogen) atoms. The van der Waals surface area contributed by atoms with E-state index in [0.29, 0.717) is 20.7 Å². The van der Waals surface area contributed by atoms with Gasteiger partial charge in [0.15, 0.2) is 0 Å². The van der Waals surface area contributed by atoms with Crippen molar-refractivity contribution < 1.29 is 19.4 Å². The van der Waals surface area contributed by atoms with Crippen LogP contribution in [0, 0.1) is 0 Å². The Balaban J connectivity index is 2.06. The van der Waals surface area contributed by atoms with Crippen LogP contribution in [0.15, 0.2) is 36.4 Å². The number of rotatable bonds is 4. The predicted octanol–water partition coefficient (Wildman–Crippen LogP) is 3.64. The zero-order valence-electron chi connectivity index (χ0n) is 10.1. The van der Waals surface area contributed by atoms with Gasteiger partial charge in [0.2, 0.25) is 0 Å².